The van der Waals surface area contributed by atoms with E-state index in [0.717, 1.165) is 41.8 Å². The highest BCUT2D eigenvalue weighted by molar-refractivity contribution is 6.04. The van der Waals surface area contributed by atoms with Gasteiger partial charge < -0.3 is 9.80 Å². The van der Waals surface area contributed by atoms with Crippen LogP contribution in [0.4, 0.5) is 14.0 Å². The third-order valence-electron chi connectivity index (χ3n) is 5.67. The van der Waals surface area contributed by atoms with Crippen molar-refractivity contribution in [1.29, 1.82) is 0 Å². The minimum atomic E-state index is -1.11. The predicted molar refractivity (Wildman–Crippen MR) is 101 cm³/mol. The van der Waals surface area contributed by atoms with Crippen molar-refractivity contribution in [2.45, 2.75) is 32.0 Å². The molecule has 10 nitrogen and oxygen atoms in total. The van der Waals surface area contributed by atoms with Gasteiger partial charge in [0.2, 0.25) is 5.91 Å². The van der Waals surface area contributed by atoms with E-state index >= 15 is 0 Å². The fourth-order valence-electron chi connectivity index (χ4n) is 4.07. The summed E-state index contributed by atoms with van der Waals surface area (Å²) in [6.45, 7) is 2.68. The Hall–Kier alpha value is -3.08. The molecular formula is C19H23FN6O4. The zero-order valence-electron chi connectivity index (χ0n) is 16.4. The van der Waals surface area contributed by atoms with Crippen LogP contribution in [0.15, 0.2) is 18.5 Å². The van der Waals surface area contributed by atoms with E-state index in [-0.39, 0.29) is 25.1 Å². The lowest BCUT2D eigenvalue weighted by Gasteiger charge is -2.38. The molecule has 3 saturated heterocycles. The molecule has 0 aromatic carbocycles. The summed E-state index contributed by atoms with van der Waals surface area (Å²) in [6, 6.07) is -0.164. The number of aromatic nitrogens is 1. The number of likely N-dealkylation sites (tertiary alicyclic amines) is 1. The SMILES string of the molecule is O=C1CC(N2C(=O)CN(CCN3CCCC3)C2=O)N(Cc2cnccc2F)C(=O)N1. The molecule has 1 atom stereocenters. The van der Waals surface area contributed by atoms with Crippen LogP contribution in [0.2, 0.25) is 0 Å². The Bertz CT molecular complexity index is 874. The number of hydrogen-bond donors (Lipinski definition) is 1. The van der Waals surface area contributed by atoms with Gasteiger partial charge >= 0.3 is 12.1 Å². The molecule has 0 spiro atoms. The van der Waals surface area contributed by atoms with Crippen LogP contribution in [0.3, 0.4) is 0 Å². The molecule has 3 fully saturated rings. The second-order valence-corrected chi connectivity index (χ2v) is 7.65. The number of hydrogen-bond acceptors (Lipinski definition) is 6. The molecule has 4 rings (SSSR count). The Morgan fingerprint density at radius 2 is 1.90 bits per heavy atom. The van der Waals surface area contributed by atoms with Gasteiger partial charge in [0.05, 0.1) is 13.0 Å². The second-order valence-electron chi connectivity index (χ2n) is 7.65. The number of halogens is 1. The van der Waals surface area contributed by atoms with E-state index in [4.69, 9.17) is 0 Å². The van der Waals surface area contributed by atoms with Gasteiger partial charge in [-0.15, -0.1) is 0 Å². The van der Waals surface area contributed by atoms with Crippen molar-refractivity contribution in [3.63, 3.8) is 0 Å². The number of carbonyl (C=O) groups is 4. The average Bonchev–Trinajstić information content (AvgIpc) is 3.31. The summed E-state index contributed by atoms with van der Waals surface area (Å²) in [5.41, 5.74) is 0.122. The first-order chi connectivity index (χ1) is 14.4. The standard InChI is InChI=1S/C19H23FN6O4/c20-14-3-4-21-10-13(14)11-25-16(9-15(27)22-18(25)29)26-17(28)12-24(19(26)30)8-7-23-5-1-2-6-23/h3-4,10,16H,1-2,5-9,11-12H2,(H,22,27,29). The highest BCUT2D eigenvalue weighted by Gasteiger charge is 2.46. The van der Waals surface area contributed by atoms with Crippen LogP contribution in [0.1, 0.15) is 24.8 Å². The quantitative estimate of drug-likeness (QED) is 0.669. The van der Waals surface area contributed by atoms with Crippen molar-refractivity contribution < 1.29 is 23.6 Å². The average molecular weight is 418 g/mol. The topological polar surface area (TPSA) is 106 Å². The molecule has 6 amide bonds. The number of imide groups is 2. The van der Waals surface area contributed by atoms with Crippen LogP contribution in [0.25, 0.3) is 0 Å². The molecule has 4 heterocycles. The van der Waals surface area contributed by atoms with E-state index in [1.807, 2.05) is 0 Å². The van der Waals surface area contributed by atoms with E-state index in [1.165, 1.54) is 17.3 Å². The maximum absolute atomic E-state index is 14.1. The summed E-state index contributed by atoms with van der Waals surface area (Å²) in [4.78, 5) is 59.7. The molecule has 30 heavy (non-hydrogen) atoms. The maximum Gasteiger partial charge on any atom is 0.329 e. The number of rotatable bonds is 6. The van der Waals surface area contributed by atoms with E-state index in [2.05, 4.69) is 15.2 Å². The van der Waals surface area contributed by atoms with E-state index < -0.39 is 35.9 Å². The lowest BCUT2D eigenvalue weighted by atomic mass is 10.1. The molecule has 3 aliphatic heterocycles. The fraction of sp³-hybridized carbons (Fsp3) is 0.526. The second kappa shape index (κ2) is 8.34. The summed E-state index contributed by atoms with van der Waals surface area (Å²) < 4.78 is 14.1. The van der Waals surface area contributed by atoms with Gasteiger partial charge in [-0.05, 0) is 32.0 Å². The highest BCUT2D eigenvalue weighted by atomic mass is 19.1. The first-order valence-electron chi connectivity index (χ1n) is 9.96. The van der Waals surface area contributed by atoms with Gasteiger partial charge in [0.1, 0.15) is 18.5 Å². The van der Waals surface area contributed by atoms with Crippen molar-refractivity contribution in [3.05, 3.63) is 29.8 Å². The maximum atomic E-state index is 14.1. The summed E-state index contributed by atoms with van der Waals surface area (Å²) in [7, 11) is 0. The molecule has 1 unspecified atom stereocenters. The van der Waals surface area contributed by atoms with Crippen LogP contribution >= 0.6 is 0 Å². The minimum Gasteiger partial charge on any atom is -0.314 e. The van der Waals surface area contributed by atoms with Crippen LogP contribution < -0.4 is 5.32 Å². The number of pyridine rings is 1. The monoisotopic (exact) mass is 418 g/mol. The fourth-order valence-corrected chi connectivity index (χ4v) is 4.07. The van der Waals surface area contributed by atoms with Crippen LogP contribution in [-0.2, 0) is 16.1 Å². The first kappa shape index (κ1) is 20.2. The van der Waals surface area contributed by atoms with Gasteiger partial charge in [0.15, 0.2) is 0 Å². The normalized spacial score (nSPS) is 23.0. The van der Waals surface area contributed by atoms with E-state index in [1.54, 1.807) is 0 Å². The molecule has 11 heteroatoms. The number of carbonyl (C=O) groups excluding carboxylic acids is 4. The molecule has 160 valence electrons. The minimum absolute atomic E-state index is 0.103. The Kier molecular flexibility index (Phi) is 5.62. The Balaban J connectivity index is 1.51. The van der Waals surface area contributed by atoms with Gasteiger partial charge in [-0.1, -0.05) is 0 Å². The zero-order valence-corrected chi connectivity index (χ0v) is 16.4. The predicted octanol–water partition coefficient (Wildman–Crippen LogP) is 0.349. The smallest absolute Gasteiger partial charge is 0.314 e. The number of nitrogens with zero attached hydrogens (tertiary/aromatic N) is 5. The van der Waals surface area contributed by atoms with Crippen molar-refractivity contribution in [2.24, 2.45) is 0 Å². The summed E-state index contributed by atoms with van der Waals surface area (Å²) in [5.74, 6) is -1.64. The van der Waals surface area contributed by atoms with Crippen LogP contribution in [-0.4, -0.2) is 87.3 Å². The zero-order chi connectivity index (χ0) is 21.3. The van der Waals surface area contributed by atoms with E-state index in [9.17, 15) is 23.6 Å². The van der Waals surface area contributed by atoms with Gasteiger partial charge in [0.25, 0.3) is 5.91 Å². The lowest BCUT2D eigenvalue weighted by Crippen LogP contribution is -2.61. The molecule has 0 aliphatic carbocycles. The highest BCUT2D eigenvalue weighted by Crippen LogP contribution is 2.24. The van der Waals surface area contributed by atoms with Crippen molar-refractivity contribution in [3.8, 4) is 0 Å². The van der Waals surface area contributed by atoms with Gasteiger partial charge in [-0.25, -0.2) is 18.9 Å². The van der Waals surface area contributed by atoms with Gasteiger partial charge in [0, 0.05) is 31.0 Å². The third-order valence-corrected chi connectivity index (χ3v) is 5.67. The molecule has 3 aliphatic rings. The number of amides is 6. The Labute approximate surface area is 172 Å². The molecule has 0 radical (unpaired) electrons. The van der Waals surface area contributed by atoms with Crippen molar-refractivity contribution in [1.82, 2.24) is 29.9 Å². The third kappa shape index (κ3) is 3.97. The van der Waals surface area contributed by atoms with E-state index in [0.29, 0.717) is 13.1 Å². The van der Waals surface area contributed by atoms with Crippen molar-refractivity contribution in [2.75, 3.05) is 32.7 Å². The number of nitrogens with one attached hydrogen (secondary N) is 1. The lowest BCUT2D eigenvalue weighted by molar-refractivity contribution is -0.132. The van der Waals surface area contributed by atoms with Gasteiger partial charge in [-0.2, -0.15) is 0 Å². The summed E-state index contributed by atoms with van der Waals surface area (Å²) in [6.07, 6.45) is 3.43. The summed E-state index contributed by atoms with van der Waals surface area (Å²) in [5, 5.41) is 2.16. The molecule has 1 aromatic heterocycles. The molecule has 0 bridgehead atoms. The Morgan fingerprint density at radius 3 is 2.63 bits per heavy atom. The molecule has 0 saturated carbocycles. The van der Waals surface area contributed by atoms with Gasteiger partial charge in [-0.3, -0.25) is 24.8 Å². The first-order valence-corrected chi connectivity index (χ1v) is 9.96. The largest absolute Gasteiger partial charge is 0.329 e. The molecule has 1 aromatic rings. The molecular weight excluding hydrogens is 395 g/mol. The van der Waals surface area contributed by atoms with Crippen LogP contribution in [0.5, 0.6) is 0 Å². The number of urea groups is 2. The molecule has 1 N–H and O–H groups in total. The Morgan fingerprint density at radius 1 is 1.13 bits per heavy atom. The van der Waals surface area contributed by atoms with Crippen LogP contribution in [0, 0.1) is 5.82 Å². The summed E-state index contributed by atoms with van der Waals surface area (Å²) >= 11 is 0. The van der Waals surface area contributed by atoms with Crippen molar-refractivity contribution >= 4 is 23.9 Å².